The summed E-state index contributed by atoms with van der Waals surface area (Å²) in [5, 5.41) is 3.44. The van der Waals surface area contributed by atoms with Gasteiger partial charge in [-0.3, -0.25) is 0 Å². The minimum absolute atomic E-state index is 0.178. The lowest BCUT2D eigenvalue weighted by Gasteiger charge is -2.25. The molecule has 0 aliphatic rings. The van der Waals surface area contributed by atoms with Gasteiger partial charge in [0.2, 0.25) is 0 Å². The fourth-order valence-electron chi connectivity index (χ4n) is 1.61. The Morgan fingerprint density at radius 2 is 2.16 bits per heavy atom. The highest BCUT2D eigenvalue weighted by atomic mass is 79.9. The van der Waals surface area contributed by atoms with Crippen LogP contribution in [-0.4, -0.2) is 25.2 Å². The zero-order chi connectivity index (χ0) is 14.5. The van der Waals surface area contributed by atoms with Gasteiger partial charge in [0.1, 0.15) is 4.99 Å². The van der Waals surface area contributed by atoms with E-state index in [1.807, 2.05) is 18.2 Å². The molecular formula is C14H21BrN2OS. The average molecular weight is 345 g/mol. The Morgan fingerprint density at radius 3 is 2.68 bits per heavy atom. The number of nitrogens with two attached hydrogens (primary N) is 1. The minimum atomic E-state index is 0.178. The molecule has 106 valence electrons. The van der Waals surface area contributed by atoms with Crippen LogP contribution >= 0.6 is 28.1 Å². The molecule has 3 N–H and O–H groups in total. The molecule has 0 saturated heterocycles. The summed E-state index contributed by atoms with van der Waals surface area (Å²) in [6, 6.07) is 5.86. The maximum absolute atomic E-state index is 5.61. The number of hydrogen-bond donors (Lipinski definition) is 2. The Kier molecular flexibility index (Phi) is 6.23. The molecule has 0 aromatic heterocycles. The summed E-state index contributed by atoms with van der Waals surface area (Å²) in [7, 11) is 1.73. The molecule has 3 nitrogen and oxygen atoms in total. The molecule has 1 rings (SSSR count). The zero-order valence-corrected chi connectivity index (χ0v) is 14.0. The number of rotatable bonds is 7. The zero-order valence-electron chi connectivity index (χ0n) is 11.6. The van der Waals surface area contributed by atoms with Gasteiger partial charge in [0.15, 0.2) is 0 Å². The van der Waals surface area contributed by atoms with Crippen molar-refractivity contribution in [1.29, 1.82) is 0 Å². The van der Waals surface area contributed by atoms with E-state index in [4.69, 9.17) is 22.7 Å². The average Bonchev–Trinajstić information content (AvgIpc) is 2.35. The number of ether oxygens (including phenoxy) is 1. The smallest absolute Gasteiger partial charge is 0.104 e. The van der Waals surface area contributed by atoms with Crippen molar-refractivity contribution in [2.45, 2.75) is 20.3 Å². The maximum atomic E-state index is 5.61. The predicted molar refractivity (Wildman–Crippen MR) is 88.8 cm³/mol. The largest absolute Gasteiger partial charge is 0.389 e. The number of benzene rings is 1. The molecule has 19 heavy (non-hydrogen) atoms. The number of thiocarbonyl (C=S) groups is 1. The molecule has 0 atom stereocenters. The number of nitrogens with one attached hydrogen (secondary N) is 1. The van der Waals surface area contributed by atoms with Crippen LogP contribution in [0.5, 0.6) is 0 Å². The van der Waals surface area contributed by atoms with Gasteiger partial charge in [-0.25, -0.2) is 0 Å². The Balaban J connectivity index is 2.65. The SMILES string of the molecule is COCCC(C)(C)CNc1ccc(C(N)=S)cc1Br. The van der Waals surface area contributed by atoms with Gasteiger partial charge in [-0.2, -0.15) is 0 Å². The fraction of sp³-hybridized carbons (Fsp3) is 0.500. The molecule has 0 aliphatic heterocycles. The van der Waals surface area contributed by atoms with Gasteiger partial charge in [0.25, 0.3) is 0 Å². The van der Waals surface area contributed by atoms with Crippen LogP contribution in [0.15, 0.2) is 22.7 Å². The van der Waals surface area contributed by atoms with Crippen molar-refractivity contribution in [1.82, 2.24) is 0 Å². The molecule has 1 aromatic rings. The van der Waals surface area contributed by atoms with Crippen molar-refractivity contribution in [3.63, 3.8) is 0 Å². The van der Waals surface area contributed by atoms with E-state index in [1.165, 1.54) is 0 Å². The summed E-state index contributed by atoms with van der Waals surface area (Å²) in [6.07, 6.45) is 1.01. The minimum Gasteiger partial charge on any atom is -0.389 e. The van der Waals surface area contributed by atoms with Crippen LogP contribution in [0.3, 0.4) is 0 Å². The third-order valence-electron chi connectivity index (χ3n) is 2.99. The first-order chi connectivity index (χ1) is 8.85. The van der Waals surface area contributed by atoms with Crippen molar-refractivity contribution in [3.05, 3.63) is 28.2 Å². The highest BCUT2D eigenvalue weighted by Gasteiger charge is 2.17. The number of halogens is 1. The Hall–Kier alpha value is -0.650. The second-order valence-corrected chi connectivity index (χ2v) is 6.61. The number of anilines is 1. The van der Waals surface area contributed by atoms with Crippen molar-refractivity contribution in [3.8, 4) is 0 Å². The van der Waals surface area contributed by atoms with E-state index in [1.54, 1.807) is 7.11 Å². The number of hydrogen-bond acceptors (Lipinski definition) is 3. The van der Waals surface area contributed by atoms with Gasteiger partial charge in [-0.05, 0) is 46.0 Å². The predicted octanol–water partition coefficient (Wildman–Crippen LogP) is 3.56. The van der Waals surface area contributed by atoms with Crippen LogP contribution in [0, 0.1) is 5.41 Å². The van der Waals surface area contributed by atoms with Gasteiger partial charge in [0.05, 0.1) is 0 Å². The molecule has 0 spiro atoms. The van der Waals surface area contributed by atoms with Crippen LogP contribution in [0.1, 0.15) is 25.8 Å². The molecular weight excluding hydrogens is 324 g/mol. The van der Waals surface area contributed by atoms with Crippen molar-refractivity contribution in [2.75, 3.05) is 25.6 Å². The molecule has 0 aliphatic carbocycles. The second-order valence-electron chi connectivity index (χ2n) is 5.32. The van der Waals surface area contributed by atoms with E-state index >= 15 is 0 Å². The molecule has 1 aromatic carbocycles. The Bertz CT molecular complexity index is 449. The summed E-state index contributed by atoms with van der Waals surface area (Å²) in [4.78, 5) is 0.410. The van der Waals surface area contributed by atoms with E-state index in [-0.39, 0.29) is 5.41 Å². The highest BCUT2D eigenvalue weighted by molar-refractivity contribution is 9.10. The molecule has 0 unspecified atom stereocenters. The van der Waals surface area contributed by atoms with Crippen LogP contribution < -0.4 is 11.1 Å². The summed E-state index contributed by atoms with van der Waals surface area (Å²) in [5.74, 6) is 0. The van der Waals surface area contributed by atoms with E-state index in [0.29, 0.717) is 4.99 Å². The third-order valence-corrected chi connectivity index (χ3v) is 3.89. The monoisotopic (exact) mass is 344 g/mol. The maximum Gasteiger partial charge on any atom is 0.104 e. The van der Waals surface area contributed by atoms with E-state index in [0.717, 1.165) is 35.3 Å². The first-order valence-corrected chi connectivity index (χ1v) is 7.38. The summed E-state index contributed by atoms with van der Waals surface area (Å²) in [5.41, 5.74) is 7.70. The Labute approximate surface area is 129 Å². The standard InChI is InChI=1S/C14H21BrN2OS/c1-14(2,6-7-18-3)9-17-12-5-4-10(13(16)19)8-11(12)15/h4-5,8,17H,6-7,9H2,1-3H3,(H2,16,19). The lowest BCUT2D eigenvalue weighted by molar-refractivity contribution is 0.157. The Morgan fingerprint density at radius 1 is 1.47 bits per heavy atom. The van der Waals surface area contributed by atoms with Crippen LogP contribution in [-0.2, 0) is 4.74 Å². The van der Waals surface area contributed by atoms with Gasteiger partial charge in [-0.1, -0.05) is 26.1 Å². The molecule has 5 heteroatoms. The summed E-state index contributed by atoms with van der Waals surface area (Å²) in [6.45, 7) is 6.09. The first kappa shape index (κ1) is 16.4. The topological polar surface area (TPSA) is 47.3 Å². The van der Waals surface area contributed by atoms with Crippen molar-refractivity contribution in [2.24, 2.45) is 11.1 Å². The highest BCUT2D eigenvalue weighted by Crippen LogP contribution is 2.26. The van der Waals surface area contributed by atoms with Crippen LogP contribution in [0.25, 0.3) is 0 Å². The molecule has 0 saturated carbocycles. The normalized spacial score (nSPS) is 11.4. The lowest BCUT2D eigenvalue weighted by Crippen LogP contribution is -2.24. The van der Waals surface area contributed by atoms with Crippen molar-refractivity contribution < 1.29 is 4.74 Å². The summed E-state index contributed by atoms with van der Waals surface area (Å²) >= 11 is 8.49. The third kappa shape index (κ3) is 5.47. The van der Waals surface area contributed by atoms with E-state index in [9.17, 15) is 0 Å². The molecule has 0 bridgehead atoms. The van der Waals surface area contributed by atoms with Crippen LogP contribution in [0.2, 0.25) is 0 Å². The molecule has 0 radical (unpaired) electrons. The fourth-order valence-corrected chi connectivity index (χ4v) is 2.26. The quantitative estimate of drug-likeness (QED) is 0.742. The molecule has 0 amide bonds. The molecule has 0 heterocycles. The lowest BCUT2D eigenvalue weighted by atomic mass is 9.89. The van der Waals surface area contributed by atoms with Gasteiger partial charge in [-0.15, -0.1) is 0 Å². The van der Waals surface area contributed by atoms with Crippen LogP contribution in [0.4, 0.5) is 5.69 Å². The van der Waals surface area contributed by atoms with Gasteiger partial charge < -0.3 is 15.8 Å². The first-order valence-electron chi connectivity index (χ1n) is 6.18. The number of methoxy groups -OCH3 is 1. The van der Waals surface area contributed by atoms with Gasteiger partial charge in [0, 0.05) is 36.0 Å². The van der Waals surface area contributed by atoms with E-state index in [2.05, 4.69) is 35.1 Å². The van der Waals surface area contributed by atoms with E-state index < -0.39 is 0 Å². The summed E-state index contributed by atoms with van der Waals surface area (Å²) < 4.78 is 6.10. The second kappa shape index (κ2) is 7.22. The van der Waals surface area contributed by atoms with Gasteiger partial charge >= 0.3 is 0 Å². The molecule has 0 fully saturated rings. The van der Waals surface area contributed by atoms with Crippen molar-refractivity contribution >= 4 is 38.8 Å².